The second kappa shape index (κ2) is 9.97. The molecule has 7 nitrogen and oxygen atoms in total. The van der Waals surface area contributed by atoms with Crippen LogP contribution in [0.1, 0.15) is 73.8 Å². The number of anilines is 1. The summed E-state index contributed by atoms with van der Waals surface area (Å²) in [6.07, 6.45) is 1.09. The summed E-state index contributed by atoms with van der Waals surface area (Å²) in [6, 6.07) is 6.21. The van der Waals surface area contributed by atoms with Crippen LogP contribution in [0, 0.1) is 12.7 Å². The SMILES string of the molecule is CNCc1nc(N[C@H](C)c2cccc(C(C)(C)F)c2F)c2cc(C3CCS(=O)(=O)CC3)c(C)nc2n1. The van der Waals surface area contributed by atoms with E-state index in [1.807, 2.05) is 13.0 Å². The zero-order valence-electron chi connectivity index (χ0n) is 21.3. The highest BCUT2D eigenvalue weighted by molar-refractivity contribution is 7.91. The summed E-state index contributed by atoms with van der Waals surface area (Å²) in [5.41, 5.74) is 0.815. The van der Waals surface area contributed by atoms with Crippen LogP contribution in [0.3, 0.4) is 0 Å². The molecule has 3 aromatic rings. The van der Waals surface area contributed by atoms with Crippen molar-refractivity contribution in [3.05, 3.63) is 58.3 Å². The van der Waals surface area contributed by atoms with Gasteiger partial charge in [0, 0.05) is 16.8 Å². The minimum atomic E-state index is -2.99. The van der Waals surface area contributed by atoms with Crippen LogP contribution in [0.5, 0.6) is 0 Å². The average Bonchev–Trinajstić information content (AvgIpc) is 2.78. The molecule has 2 N–H and O–H groups in total. The van der Waals surface area contributed by atoms with E-state index < -0.39 is 27.4 Å². The van der Waals surface area contributed by atoms with Crippen molar-refractivity contribution >= 4 is 26.7 Å². The van der Waals surface area contributed by atoms with Crippen LogP contribution in [0.15, 0.2) is 24.3 Å². The highest BCUT2D eigenvalue weighted by atomic mass is 32.2. The normalized spacial score (nSPS) is 17.3. The van der Waals surface area contributed by atoms with Gasteiger partial charge < -0.3 is 10.6 Å². The standard InChI is InChI=1S/C26H33F2N5O2S/c1-15(18-7-6-8-21(23(18)27)26(3,4)28)30-24-20-13-19(17-9-11-36(34,35)12-10-17)16(2)31-25(20)33-22(32-24)14-29-5/h6-8,13,15,17,29H,9-12,14H2,1-5H3,(H,30,31,32,33)/t15-/m1/s1. The zero-order chi connectivity index (χ0) is 26.3. The fourth-order valence-electron chi connectivity index (χ4n) is 4.79. The van der Waals surface area contributed by atoms with Gasteiger partial charge in [-0.1, -0.05) is 18.2 Å². The summed E-state index contributed by atoms with van der Waals surface area (Å²) in [7, 11) is -1.20. The van der Waals surface area contributed by atoms with E-state index in [0.717, 1.165) is 11.3 Å². The first-order chi connectivity index (χ1) is 16.9. The molecule has 1 aliphatic heterocycles. The number of pyridine rings is 1. The van der Waals surface area contributed by atoms with Gasteiger partial charge in [-0.3, -0.25) is 0 Å². The first kappa shape index (κ1) is 26.3. The predicted molar refractivity (Wildman–Crippen MR) is 138 cm³/mol. The Balaban J connectivity index is 1.76. The number of hydrogen-bond donors (Lipinski definition) is 2. The van der Waals surface area contributed by atoms with E-state index >= 15 is 4.39 Å². The van der Waals surface area contributed by atoms with E-state index in [9.17, 15) is 12.8 Å². The van der Waals surface area contributed by atoms with Gasteiger partial charge in [-0.05, 0) is 65.1 Å². The van der Waals surface area contributed by atoms with Gasteiger partial charge in [-0.2, -0.15) is 0 Å². The monoisotopic (exact) mass is 517 g/mol. The molecule has 1 aromatic carbocycles. The van der Waals surface area contributed by atoms with Crippen LogP contribution in [-0.2, 0) is 22.1 Å². The molecule has 36 heavy (non-hydrogen) atoms. The van der Waals surface area contributed by atoms with Crippen molar-refractivity contribution < 1.29 is 17.2 Å². The van der Waals surface area contributed by atoms with Crippen molar-refractivity contribution in [1.29, 1.82) is 0 Å². The van der Waals surface area contributed by atoms with Crippen molar-refractivity contribution in [2.45, 2.75) is 64.7 Å². The van der Waals surface area contributed by atoms with Crippen LogP contribution >= 0.6 is 0 Å². The van der Waals surface area contributed by atoms with Crippen LogP contribution in [0.25, 0.3) is 11.0 Å². The molecule has 0 radical (unpaired) electrons. The Morgan fingerprint density at radius 3 is 2.50 bits per heavy atom. The lowest BCUT2D eigenvalue weighted by molar-refractivity contribution is 0.213. The molecular formula is C26H33F2N5O2S. The molecule has 0 spiro atoms. The molecule has 0 aliphatic carbocycles. The summed E-state index contributed by atoms with van der Waals surface area (Å²) < 4.78 is 53.7. The van der Waals surface area contributed by atoms with E-state index in [4.69, 9.17) is 4.98 Å². The smallest absolute Gasteiger partial charge is 0.165 e. The van der Waals surface area contributed by atoms with Crippen LogP contribution in [-0.4, -0.2) is 41.9 Å². The van der Waals surface area contributed by atoms with Crippen LogP contribution in [0.2, 0.25) is 0 Å². The summed E-state index contributed by atoms with van der Waals surface area (Å²) in [4.78, 5) is 14.0. The zero-order valence-corrected chi connectivity index (χ0v) is 22.1. The first-order valence-electron chi connectivity index (χ1n) is 12.2. The molecule has 1 atom stereocenters. The Kier molecular flexibility index (Phi) is 7.30. The number of aryl methyl sites for hydroxylation is 1. The van der Waals surface area contributed by atoms with Crippen molar-refractivity contribution in [2.24, 2.45) is 0 Å². The van der Waals surface area contributed by atoms with E-state index in [2.05, 4.69) is 20.6 Å². The Morgan fingerprint density at radius 2 is 1.86 bits per heavy atom. The maximum absolute atomic E-state index is 15.3. The van der Waals surface area contributed by atoms with Crippen LogP contribution in [0.4, 0.5) is 14.6 Å². The lowest BCUT2D eigenvalue weighted by atomic mass is 9.91. The third-order valence-corrected chi connectivity index (χ3v) is 8.50. The Bertz CT molecular complexity index is 1380. The van der Waals surface area contributed by atoms with Crippen LogP contribution < -0.4 is 10.6 Å². The number of hydrogen-bond acceptors (Lipinski definition) is 7. The fourth-order valence-corrected chi connectivity index (χ4v) is 6.28. The molecule has 10 heteroatoms. The maximum atomic E-state index is 15.3. The predicted octanol–water partition coefficient (Wildman–Crippen LogP) is 4.86. The number of alkyl halides is 1. The number of nitrogens with one attached hydrogen (secondary N) is 2. The number of sulfone groups is 1. The lowest BCUT2D eigenvalue weighted by Crippen LogP contribution is -2.23. The number of halogens is 2. The molecule has 0 amide bonds. The molecule has 0 saturated carbocycles. The fraction of sp³-hybridized carbons (Fsp3) is 0.500. The molecule has 1 fully saturated rings. The Labute approximate surface area is 211 Å². The minimum absolute atomic E-state index is 0.00361. The van der Waals surface area contributed by atoms with E-state index in [1.165, 1.54) is 19.9 Å². The molecule has 1 saturated heterocycles. The Morgan fingerprint density at radius 1 is 1.17 bits per heavy atom. The lowest BCUT2D eigenvalue weighted by Gasteiger charge is -2.24. The van der Waals surface area contributed by atoms with Crippen molar-refractivity contribution in [1.82, 2.24) is 20.3 Å². The first-order valence-corrected chi connectivity index (χ1v) is 14.0. The van der Waals surface area contributed by atoms with Gasteiger partial charge in [0.2, 0.25) is 0 Å². The summed E-state index contributed by atoms with van der Waals surface area (Å²) in [5, 5.41) is 7.02. The highest BCUT2D eigenvalue weighted by Gasteiger charge is 2.28. The highest BCUT2D eigenvalue weighted by Crippen LogP contribution is 2.35. The second-order valence-corrected chi connectivity index (χ2v) is 12.3. The molecule has 194 valence electrons. The molecule has 2 aromatic heterocycles. The number of benzene rings is 1. The minimum Gasteiger partial charge on any atom is -0.363 e. The third-order valence-electron chi connectivity index (χ3n) is 6.78. The quantitative estimate of drug-likeness (QED) is 0.462. The molecule has 3 heterocycles. The Hall–Kier alpha value is -2.72. The number of nitrogens with zero attached hydrogens (tertiary/aromatic N) is 3. The average molecular weight is 518 g/mol. The molecular weight excluding hydrogens is 484 g/mol. The van der Waals surface area contributed by atoms with E-state index in [-0.39, 0.29) is 23.0 Å². The summed E-state index contributed by atoms with van der Waals surface area (Å²) in [5.74, 6) is 0.845. The van der Waals surface area contributed by atoms with E-state index in [0.29, 0.717) is 47.6 Å². The van der Waals surface area contributed by atoms with Gasteiger partial charge in [-0.25, -0.2) is 32.2 Å². The molecule has 0 unspecified atom stereocenters. The second-order valence-electron chi connectivity index (χ2n) is 10.0. The topological polar surface area (TPSA) is 96.9 Å². The summed E-state index contributed by atoms with van der Waals surface area (Å²) in [6.45, 7) is 6.80. The van der Waals surface area contributed by atoms with Gasteiger partial charge in [-0.15, -0.1) is 0 Å². The van der Waals surface area contributed by atoms with Crippen molar-refractivity contribution in [3.63, 3.8) is 0 Å². The van der Waals surface area contributed by atoms with Crippen molar-refractivity contribution in [2.75, 3.05) is 23.9 Å². The van der Waals surface area contributed by atoms with Gasteiger partial charge in [0.1, 0.15) is 33.0 Å². The number of fused-ring (bicyclic) bond motifs is 1. The van der Waals surface area contributed by atoms with E-state index in [1.54, 1.807) is 26.1 Å². The van der Waals surface area contributed by atoms with Gasteiger partial charge in [0.25, 0.3) is 0 Å². The molecule has 4 rings (SSSR count). The van der Waals surface area contributed by atoms with Crippen molar-refractivity contribution in [3.8, 4) is 0 Å². The maximum Gasteiger partial charge on any atom is 0.165 e. The van der Waals surface area contributed by atoms with Gasteiger partial charge in [0.05, 0.1) is 29.5 Å². The van der Waals surface area contributed by atoms with Gasteiger partial charge >= 0.3 is 0 Å². The number of rotatable bonds is 7. The largest absolute Gasteiger partial charge is 0.363 e. The summed E-state index contributed by atoms with van der Waals surface area (Å²) >= 11 is 0. The number of aromatic nitrogens is 3. The molecule has 1 aliphatic rings. The molecule has 0 bridgehead atoms. The van der Waals surface area contributed by atoms with Gasteiger partial charge in [0.15, 0.2) is 5.65 Å². The third kappa shape index (κ3) is 5.49.